The zero-order valence-corrected chi connectivity index (χ0v) is 9.75. The van der Waals surface area contributed by atoms with Crippen LogP contribution in [0.1, 0.15) is 26.2 Å². The van der Waals surface area contributed by atoms with E-state index in [4.69, 9.17) is 0 Å². The molecule has 1 nitrogen and oxygen atoms in total. The molecule has 0 radical (unpaired) electrons. The van der Waals surface area contributed by atoms with Crippen molar-refractivity contribution < 1.29 is 0 Å². The Labute approximate surface area is 88.5 Å². The molecule has 1 aliphatic heterocycles. The zero-order valence-electron chi connectivity index (χ0n) is 7.59. The van der Waals surface area contributed by atoms with Crippen LogP contribution in [0.2, 0.25) is 0 Å². The van der Waals surface area contributed by atoms with Crippen LogP contribution in [0.4, 0.5) is 0 Å². The number of dihydropyridines is 1. The van der Waals surface area contributed by atoms with Crippen LogP contribution in [0.25, 0.3) is 0 Å². The highest BCUT2D eigenvalue weighted by molar-refractivity contribution is 14.1. The van der Waals surface area contributed by atoms with E-state index in [0.29, 0.717) is 0 Å². The monoisotopic (exact) mass is 277 g/mol. The molecule has 68 valence electrons. The second kappa shape index (κ2) is 5.73. The summed E-state index contributed by atoms with van der Waals surface area (Å²) in [6, 6.07) is 0. The van der Waals surface area contributed by atoms with E-state index < -0.39 is 0 Å². The Bertz CT molecular complexity index is 184. The van der Waals surface area contributed by atoms with Crippen molar-refractivity contribution >= 4 is 28.8 Å². The number of allylic oxidation sites excluding steroid dienone is 1. The van der Waals surface area contributed by atoms with Gasteiger partial charge in [-0.25, -0.2) is 0 Å². The maximum atomic E-state index is 4.38. The molecule has 0 bridgehead atoms. The predicted molar refractivity (Wildman–Crippen MR) is 63.3 cm³/mol. The maximum absolute atomic E-state index is 4.38. The van der Waals surface area contributed by atoms with Crippen molar-refractivity contribution in [3.8, 4) is 0 Å². The quantitative estimate of drug-likeness (QED) is 0.552. The summed E-state index contributed by atoms with van der Waals surface area (Å²) >= 11 is 2.42. The summed E-state index contributed by atoms with van der Waals surface area (Å²) in [7, 11) is 0. The summed E-state index contributed by atoms with van der Waals surface area (Å²) in [5.74, 6) is 0.720. The highest BCUT2D eigenvalue weighted by atomic mass is 127. The molecule has 1 aliphatic rings. The Kier molecular flexibility index (Phi) is 4.88. The third-order valence-corrected chi connectivity index (χ3v) is 2.63. The van der Waals surface area contributed by atoms with E-state index in [1.54, 1.807) is 0 Å². The predicted octanol–water partition coefficient (Wildman–Crippen LogP) is 3.24. The minimum Gasteiger partial charge on any atom is -0.292 e. The number of aliphatic imine (C=N–C) groups is 1. The van der Waals surface area contributed by atoms with Gasteiger partial charge in [-0.05, 0) is 24.3 Å². The Morgan fingerprint density at radius 2 is 2.50 bits per heavy atom. The van der Waals surface area contributed by atoms with Crippen LogP contribution >= 0.6 is 22.6 Å². The zero-order chi connectivity index (χ0) is 8.81. The number of rotatable bonds is 4. The average molecular weight is 277 g/mol. The first-order chi connectivity index (χ1) is 5.86. The number of halogens is 1. The van der Waals surface area contributed by atoms with Gasteiger partial charge >= 0.3 is 0 Å². The lowest BCUT2D eigenvalue weighted by atomic mass is 9.98. The SMILES string of the molecule is CCCC1C=C(CCI)C=NC1. The Hall–Kier alpha value is 0.140. The molecule has 1 unspecified atom stereocenters. The first-order valence-electron chi connectivity index (χ1n) is 4.63. The van der Waals surface area contributed by atoms with Crippen molar-refractivity contribution in [3.05, 3.63) is 11.6 Å². The lowest BCUT2D eigenvalue weighted by Crippen LogP contribution is -2.08. The maximum Gasteiger partial charge on any atom is 0.0452 e. The van der Waals surface area contributed by atoms with Gasteiger partial charge in [-0.2, -0.15) is 0 Å². The summed E-state index contributed by atoms with van der Waals surface area (Å²) in [5, 5.41) is 0. The summed E-state index contributed by atoms with van der Waals surface area (Å²) in [5.41, 5.74) is 1.44. The Morgan fingerprint density at radius 3 is 3.17 bits per heavy atom. The first kappa shape index (κ1) is 10.2. The largest absolute Gasteiger partial charge is 0.292 e. The lowest BCUT2D eigenvalue weighted by Gasteiger charge is -2.14. The molecular weight excluding hydrogens is 261 g/mol. The molecular formula is C10H16IN. The molecule has 0 saturated carbocycles. The average Bonchev–Trinajstić information content (AvgIpc) is 2.06. The van der Waals surface area contributed by atoms with Crippen molar-refractivity contribution in [3.63, 3.8) is 0 Å². The van der Waals surface area contributed by atoms with Crippen molar-refractivity contribution in [1.29, 1.82) is 0 Å². The van der Waals surface area contributed by atoms with Gasteiger partial charge in [0.15, 0.2) is 0 Å². The van der Waals surface area contributed by atoms with Crippen LogP contribution in [0.5, 0.6) is 0 Å². The molecule has 0 aliphatic carbocycles. The van der Waals surface area contributed by atoms with E-state index in [9.17, 15) is 0 Å². The van der Waals surface area contributed by atoms with E-state index in [-0.39, 0.29) is 0 Å². The van der Waals surface area contributed by atoms with Gasteiger partial charge in [0.2, 0.25) is 0 Å². The first-order valence-corrected chi connectivity index (χ1v) is 6.16. The van der Waals surface area contributed by atoms with E-state index in [2.05, 4.69) is 40.6 Å². The van der Waals surface area contributed by atoms with E-state index in [0.717, 1.165) is 12.5 Å². The van der Waals surface area contributed by atoms with Crippen molar-refractivity contribution in [1.82, 2.24) is 0 Å². The minimum absolute atomic E-state index is 0.720. The van der Waals surface area contributed by atoms with Gasteiger partial charge in [-0.3, -0.25) is 4.99 Å². The molecule has 1 rings (SSSR count). The highest BCUT2D eigenvalue weighted by Gasteiger charge is 2.08. The number of hydrogen-bond acceptors (Lipinski definition) is 1. The third-order valence-electron chi connectivity index (χ3n) is 2.09. The standard InChI is InChI=1S/C10H16IN/c1-2-3-9-6-10(4-5-11)8-12-7-9/h6,8-9H,2-5,7H2,1H3. The van der Waals surface area contributed by atoms with Crippen molar-refractivity contribution in [2.45, 2.75) is 26.2 Å². The smallest absolute Gasteiger partial charge is 0.0452 e. The normalized spacial score (nSPS) is 22.5. The molecule has 0 spiro atoms. The Balaban J connectivity index is 2.44. The van der Waals surface area contributed by atoms with Gasteiger partial charge in [0, 0.05) is 17.2 Å². The van der Waals surface area contributed by atoms with E-state index >= 15 is 0 Å². The second-order valence-corrected chi connectivity index (χ2v) is 4.30. The van der Waals surface area contributed by atoms with Crippen molar-refractivity contribution in [2.24, 2.45) is 10.9 Å². The van der Waals surface area contributed by atoms with Gasteiger partial charge in [-0.15, -0.1) is 0 Å². The molecule has 1 atom stereocenters. The fourth-order valence-electron chi connectivity index (χ4n) is 1.51. The van der Waals surface area contributed by atoms with Crippen LogP contribution in [0, 0.1) is 5.92 Å². The minimum atomic E-state index is 0.720. The molecule has 0 aromatic rings. The molecule has 0 fully saturated rings. The summed E-state index contributed by atoms with van der Waals surface area (Å²) in [4.78, 5) is 4.38. The molecule has 0 N–H and O–H groups in total. The van der Waals surface area contributed by atoms with Crippen LogP contribution in [-0.2, 0) is 0 Å². The van der Waals surface area contributed by atoms with Crippen LogP contribution in [-0.4, -0.2) is 17.2 Å². The van der Waals surface area contributed by atoms with Gasteiger partial charge < -0.3 is 0 Å². The molecule has 12 heavy (non-hydrogen) atoms. The van der Waals surface area contributed by atoms with E-state index in [1.165, 1.54) is 29.3 Å². The number of hydrogen-bond donors (Lipinski definition) is 0. The molecule has 0 amide bonds. The van der Waals surface area contributed by atoms with Gasteiger partial charge in [0.1, 0.15) is 0 Å². The molecule has 1 heterocycles. The number of alkyl halides is 1. The third kappa shape index (κ3) is 3.25. The summed E-state index contributed by atoms with van der Waals surface area (Å²) < 4.78 is 1.20. The fourth-order valence-corrected chi connectivity index (χ4v) is 2.13. The van der Waals surface area contributed by atoms with Crippen LogP contribution in [0.15, 0.2) is 16.6 Å². The fraction of sp³-hybridized carbons (Fsp3) is 0.700. The van der Waals surface area contributed by atoms with Crippen molar-refractivity contribution in [2.75, 3.05) is 11.0 Å². The van der Waals surface area contributed by atoms with E-state index in [1.807, 2.05) is 6.21 Å². The molecule has 0 aromatic heterocycles. The van der Waals surface area contributed by atoms with Crippen LogP contribution < -0.4 is 0 Å². The van der Waals surface area contributed by atoms with Gasteiger partial charge in [0.25, 0.3) is 0 Å². The molecule has 2 heteroatoms. The summed E-state index contributed by atoms with van der Waals surface area (Å²) in [6.07, 6.45) is 8.21. The summed E-state index contributed by atoms with van der Waals surface area (Å²) in [6.45, 7) is 3.25. The lowest BCUT2D eigenvalue weighted by molar-refractivity contribution is 0.585. The molecule has 0 aromatic carbocycles. The Morgan fingerprint density at radius 1 is 1.67 bits per heavy atom. The second-order valence-electron chi connectivity index (χ2n) is 3.22. The highest BCUT2D eigenvalue weighted by Crippen LogP contribution is 2.16. The molecule has 0 saturated heterocycles. The van der Waals surface area contributed by atoms with Gasteiger partial charge in [0.05, 0.1) is 0 Å². The number of nitrogens with zero attached hydrogens (tertiary/aromatic N) is 1. The van der Waals surface area contributed by atoms with Crippen LogP contribution in [0.3, 0.4) is 0 Å². The van der Waals surface area contributed by atoms with Gasteiger partial charge in [-0.1, -0.05) is 42.0 Å². The topological polar surface area (TPSA) is 12.4 Å².